The van der Waals surface area contributed by atoms with E-state index < -0.39 is 5.92 Å². The zero-order valence-corrected chi connectivity index (χ0v) is 8.55. The number of aromatic nitrogens is 1. The summed E-state index contributed by atoms with van der Waals surface area (Å²) in [5, 5.41) is 8.76. The molecule has 16 heavy (non-hydrogen) atoms. The highest BCUT2D eigenvalue weighted by atomic mass is 16.2. The van der Waals surface area contributed by atoms with Crippen LogP contribution in [-0.4, -0.2) is 17.4 Å². The lowest BCUT2D eigenvalue weighted by Gasteiger charge is -2.18. The van der Waals surface area contributed by atoms with Crippen LogP contribution in [0.25, 0.3) is 0 Å². The predicted octanol–water partition coefficient (Wildman–Crippen LogP) is 0.122. The average molecular weight is 217 g/mol. The first-order valence-electron chi connectivity index (χ1n) is 4.86. The Morgan fingerprint density at radius 1 is 1.56 bits per heavy atom. The molecule has 82 valence electrons. The van der Waals surface area contributed by atoms with E-state index in [1.807, 2.05) is 6.07 Å². The van der Waals surface area contributed by atoms with Gasteiger partial charge in [0.1, 0.15) is 11.7 Å². The number of nitrogens with two attached hydrogens (primary N) is 2. The second kappa shape index (κ2) is 3.70. The smallest absolute Gasteiger partial charge is 0.244 e. The first kappa shape index (κ1) is 10.2. The third kappa shape index (κ3) is 1.42. The normalized spacial score (nSPS) is 19.8. The zero-order valence-electron chi connectivity index (χ0n) is 8.55. The lowest BCUT2D eigenvalue weighted by Crippen LogP contribution is -2.27. The van der Waals surface area contributed by atoms with E-state index >= 15 is 0 Å². The number of carbonyl (C=O) groups is 1. The molecule has 6 nitrogen and oxygen atoms in total. The Balaban J connectivity index is 2.37. The van der Waals surface area contributed by atoms with Crippen LogP contribution in [0.4, 0.5) is 17.2 Å². The molecule has 2 rings (SSSR count). The maximum Gasteiger partial charge on any atom is 0.244 e. The molecule has 0 aliphatic carbocycles. The van der Waals surface area contributed by atoms with Crippen molar-refractivity contribution in [3.8, 4) is 6.07 Å². The molecule has 0 bridgehead atoms. The number of hydrogen-bond donors (Lipinski definition) is 2. The molecule has 4 N–H and O–H groups in total. The van der Waals surface area contributed by atoms with E-state index in [4.69, 9.17) is 16.7 Å². The summed E-state index contributed by atoms with van der Waals surface area (Å²) in [5.41, 5.74) is 12.1. The summed E-state index contributed by atoms with van der Waals surface area (Å²) in [5.74, 6) is -0.598. The Morgan fingerprint density at radius 3 is 2.94 bits per heavy atom. The maximum atomic E-state index is 11.8. The highest BCUT2D eigenvalue weighted by molar-refractivity contribution is 6.01. The molecule has 1 saturated heterocycles. The highest BCUT2D eigenvalue weighted by Gasteiger charge is 2.33. The number of rotatable bonds is 1. The van der Waals surface area contributed by atoms with Gasteiger partial charge in [0.15, 0.2) is 0 Å². The van der Waals surface area contributed by atoms with Gasteiger partial charge in [0.05, 0.1) is 17.4 Å². The molecule has 0 aromatic carbocycles. The summed E-state index contributed by atoms with van der Waals surface area (Å²) < 4.78 is 0. The lowest BCUT2D eigenvalue weighted by atomic mass is 10.1. The predicted molar refractivity (Wildman–Crippen MR) is 59.1 cm³/mol. The topological polar surface area (TPSA) is 109 Å². The number of nitriles is 1. The fraction of sp³-hybridized carbons (Fsp3) is 0.300. The Kier molecular flexibility index (Phi) is 2.37. The minimum atomic E-state index is -0.575. The van der Waals surface area contributed by atoms with E-state index in [2.05, 4.69) is 4.98 Å². The van der Waals surface area contributed by atoms with Crippen LogP contribution in [-0.2, 0) is 4.79 Å². The second-order valence-electron chi connectivity index (χ2n) is 3.59. The zero-order chi connectivity index (χ0) is 11.7. The van der Waals surface area contributed by atoms with Gasteiger partial charge in [-0.1, -0.05) is 0 Å². The van der Waals surface area contributed by atoms with Crippen molar-refractivity contribution >= 4 is 23.1 Å². The fourth-order valence-corrected chi connectivity index (χ4v) is 1.75. The van der Waals surface area contributed by atoms with Crippen LogP contribution in [0.2, 0.25) is 0 Å². The van der Waals surface area contributed by atoms with Crippen molar-refractivity contribution in [2.75, 3.05) is 22.9 Å². The standard InChI is InChI=1S/C10H11N5O/c11-5-6-2-4-15(10(6)16)7-1-3-14-9(13)8(7)12/h1,3,6H,2,4,12H2,(H2,13,14). The van der Waals surface area contributed by atoms with Crippen molar-refractivity contribution in [2.45, 2.75) is 6.42 Å². The largest absolute Gasteiger partial charge is 0.394 e. The van der Waals surface area contributed by atoms with Gasteiger partial charge in [0.2, 0.25) is 5.91 Å². The van der Waals surface area contributed by atoms with Crippen LogP contribution in [0.1, 0.15) is 6.42 Å². The van der Waals surface area contributed by atoms with Gasteiger partial charge in [-0.3, -0.25) is 4.79 Å². The molecule has 1 atom stereocenters. The molecule has 1 aromatic rings. The number of hydrogen-bond acceptors (Lipinski definition) is 5. The summed E-state index contributed by atoms with van der Waals surface area (Å²) in [7, 11) is 0. The summed E-state index contributed by atoms with van der Waals surface area (Å²) in [6.07, 6.45) is 2.02. The van der Waals surface area contributed by atoms with Gasteiger partial charge < -0.3 is 16.4 Å². The first-order valence-corrected chi connectivity index (χ1v) is 4.86. The van der Waals surface area contributed by atoms with Crippen molar-refractivity contribution in [1.29, 1.82) is 5.26 Å². The number of amides is 1. The molecule has 0 saturated carbocycles. The van der Waals surface area contributed by atoms with Crippen LogP contribution in [0.15, 0.2) is 12.3 Å². The van der Waals surface area contributed by atoms with Gasteiger partial charge in [-0.25, -0.2) is 4.98 Å². The van der Waals surface area contributed by atoms with E-state index in [1.54, 1.807) is 6.07 Å². The minimum absolute atomic E-state index is 0.200. The molecule has 1 fully saturated rings. The first-order chi connectivity index (χ1) is 7.65. The van der Waals surface area contributed by atoms with Crippen LogP contribution >= 0.6 is 0 Å². The second-order valence-corrected chi connectivity index (χ2v) is 3.59. The molecule has 6 heteroatoms. The molecule has 1 aliphatic heterocycles. The van der Waals surface area contributed by atoms with Crippen LogP contribution in [0.3, 0.4) is 0 Å². The van der Waals surface area contributed by atoms with E-state index in [0.717, 1.165) is 0 Å². The van der Waals surface area contributed by atoms with Gasteiger partial charge in [-0.2, -0.15) is 5.26 Å². The monoisotopic (exact) mass is 217 g/mol. The molecule has 2 heterocycles. The van der Waals surface area contributed by atoms with Crippen molar-refractivity contribution < 1.29 is 4.79 Å². The van der Waals surface area contributed by atoms with E-state index in [-0.39, 0.29) is 17.4 Å². The molecule has 1 aromatic heterocycles. The molecule has 0 spiro atoms. The Labute approximate surface area is 92.5 Å². The number of carbonyl (C=O) groups excluding carboxylic acids is 1. The third-order valence-electron chi connectivity index (χ3n) is 2.65. The summed E-state index contributed by atoms with van der Waals surface area (Å²) in [6.45, 7) is 0.491. The van der Waals surface area contributed by atoms with Crippen LogP contribution in [0, 0.1) is 17.2 Å². The number of nitrogen functional groups attached to an aromatic ring is 2. The number of anilines is 3. The molecule has 1 unspecified atom stereocenters. The van der Waals surface area contributed by atoms with Gasteiger partial charge in [0, 0.05) is 12.7 Å². The van der Waals surface area contributed by atoms with E-state index in [9.17, 15) is 4.79 Å². The summed E-state index contributed by atoms with van der Waals surface area (Å²) in [4.78, 5) is 17.1. The molecule has 1 aliphatic rings. The summed E-state index contributed by atoms with van der Waals surface area (Å²) in [6, 6.07) is 3.60. The minimum Gasteiger partial charge on any atom is -0.394 e. The Bertz CT molecular complexity index is 479. The van der Waals surface area contributed by atoms with Crippen molar-refractivity contribution in [3.63, 3.8) is 0 Å². The highest BCUT2D eigenvalue weighted by Crippen LogP contribution is 2.31. The number of pyridine rings is 1. The Morgan fingerprint density at radius 2 is 2.31 bits per heavy atom. The van der Waals surface area contributed by atoms with Crippen molar-refractivity contribution in [3.05, 3.63) is 12.3 Å². The SMILES string of the molecule is N#CC1CCN(c2ccnc(N)c2N)C1=O. The van der Waals surface area contributed by atoms with Gasteiger partial charge in [-0.05, 0) is 12.5 Å². The average Bonchev–Trinajstić information content (AvgIpc) is 2.64. The lowest BCUT2D eigenvalue weighted by molar-refractivity contribution is -0.118. The molecular weight excluding hydrogens is 206 g/mol. The Hall–Kier alpha value is -2.29. The van der Waals surface area contributed by atoms with Crippen LogP contribution < -0.4 is 16.4 Å². The van der Waals surface area contributed by atoms with E-state index in [0.29, 0.717) is 18.7 Å². The maximum absolute atomic E-state index is 11.8. The van der Waals surface area contributed by atoms with Crippen molar-refractivity contribution in [2.24, 2.45) is 5.92 Å². The fourth-order valence-electron chi connectivity index (χ4n) is 1.75. The van der Waals surface area contributed by atoms with Crippen LogP contribution in [0.5, 0.6) is 0 Å². The molecule has 1 amide bonds. The summed E-state index contributed by atoms with van der Waals surface area (Å²) >= 11 is 0. The van der Waals surface area contributed by atoms with E-state index in [1.165, 1.54) is 11.1 Å². The quantitative estimate of drug-likeness (QED) is 0.694. The van der Waals surface area contributed by atoms with Gasteiger partial charge >= 0.3 is 0 Å². The number of nitrogens with zero attached hydrogens (tertiary/aromatic N) is 3. The van der Waals surface area contributed by atoms with Gasteiger partial charge in [-0.15, -0.1) is 0 Å². The molecule has 0 radical (unpaired) electrons. The van der Waals surface area contributed by atoms with Gasteiger partial charge in [0.25, 0.3) is 0 Å². The third-order valence-corrected chi connectivity index (χ3v) is 2.65. The molecular formula is C10H11N5O. The van der Waals surface area contributed by atoms with Crippen molar-refractivity contribution in [1.82, 2.24) is 4.98 Å².